The molecule has 0 aromatic carbocycles. The van der Waals surface area contributed by atoms with Gasteiger partial charge in [0, 0.05) is 12.6 Å². The standard InChI is InChI=1S/C10H19N3O/c1-6(2)7(3)9(14)8-5-12-13(4)10(8)11/h5-7,9,14H,11H2,1-4H3. The summed E-state index contributed by atoms with van der Waals surface area (Å²) in [5.74, 6) is 1.15. The summed E-state index contributed by atoms with van der Waals surface area (Å²) < 4.78 is 1.58. The number of rotatable bonds is 3. The Morgan fingerprint density at radius 3 is 2.36 bits per heavy atom. The molecule has 0 spiro atoms. The Morgan fingerprint density at radius 1 is 1.43 bits per heavy atom. The number of nitrogens with two attached hydrogens (primary N) is 1. The maximum Gasteiger partial charge on any atom is 0.127 e. The zero-order valence-corrected chi connectivity index (χ0v) is 9.23. The van der Waals surface area contributed by atoms with Crippen LogP contribution in [0.15, 0.2) is 6.20 Å². The van der Waals surface area contributed by atoms with E-state index < -0.39 is 6.10 Å². The first kappa shape index (κ1) is 11.0. The van der Waals surface area contributed by atoms with Crippen LogP contribution in [0.1, 0.15) is 32.4 Å². The van der Waals surface area contributed by atoms with E-state index >= 15 is 0 Å². The van der Waals surface area contributed by atoms with Gasteiger partial charge in [0.15, 0.2) is 0 Å². The van der Waals surface area contributed by atoms with Gasteiger partial charge in [-0.05, 0) is 11.8 Å². The third-order valence-electron chi connectivity index (χ3n) is 2.88. The van der Waals surface area contributed by atoms with Crippen molar-refractivity contribution in [3.8, 4) is 0 Å². The minimum Gasteiger partial charge on any atom is -0.388 e. The second-order valence-electron chi connectivity index (χ2n) is 4.16. The van der Waals surface area contributed by atoms with Crippen LogP contribution in [-0.4, -0.2) is 14.9 Å². The molecule has 0 radical (unpaired) electrons. The van der Waals surface area contributed by atoms with E-state index in [0.717, 1.165) is 5.56 Å². The monoisotopic (exact) mass is 197 g/mol. The number of hydrogen-bond donors (Lipinski definition) is 2. The van der Waals surface area contributed by atoms with E-state index in [-0.39, 0.29) is 5.92 Å². The highest BCUT2D eigenvalue weighted by Crippen LogP contribution is 2.30. The summed E-state index contributed by atoms with van der Waals surface area (Å²) in [4.78, 5) is 0. The van der Waals surface area contributed by atoms with Crippen LogP contribution in [-0.2, 0) is 7.05 Å². The maximum absolute atomic E-state index is 10.0. The van der Waals surface area contributed by atoms with Gasteiger partial charge in [0.1, 0.15) is 5.82 Å². The molecule has 0 fully saturated rings. The Labute approximate surface area is 84.7 Å². The Balaban J connectivity index is 2.89. The van der Waals surface area contributed by atoms with Gasteiger partial charge in [0.25, 0.3) is 0 Å². The molecule has 0 saturated heterocycles. The van der Waals surface area contributed by atoms with Gasteiger partial charge in [0.05, 0.1) is 12.3 Å². The number of anilines is 1. The zero-order chi connectivity index (χ0) is 10.9. The fourth-order valence-electron chi connectivity index (χ4n) is 1.34. The molecule has 2 atom stereocenters. The Morgan fingerprint density at radius 2 is 2.00 bits per heavy atom. The summed E-state index contributed by atoms with van der Waals surface area (Å²) in [6.07, 6.45) is 1.11. The van der Waals surface area contributed by atoms with Crippen LogP contribution >= 0.6 is 0 Å². The molecular weight excluding hydrogens is 178 g/mol. The van der Waals surface area contributed by atoms with Gasteiger partial charge in [-0.2, -0.15) is 5.10 Å². The molecule has 14 heavy (non-hydrogen) atoms. The number of hydrogen-bond acceptors (Lipinski definition) is 3. The molecule has 2 unspecified atom stereocenters. The SMILES string of the molecule is CC(C)C(C)C(O)c1cnn(C)c1N. The smallest absolute Gasteiger partial charge is 0.127 e. The Kier molecular flexibility index (Phi) is 3.16. The lowest BCUT2D eigenvalue weighted by Gasteiger charge is -2.21. The predicted molar refractivity (Wildman–Crippen MR) is 56.6 cm³/mol. The topological polar surface area (TPSA) is 64.1 Å². The fraction of sp³-hybridized carbons (Fsp3) is 0.700. The lowest BCUT2D eigenvalue weighted by molar-refractivity contribution is 0.0927. The summed E-state index contributed by atoms with van der Waals surface area (Å²) in [7, 11) is 1.77. The molecule has 0 aliphatic carbocycles. The Hall–Kier alpha value is -1.03. The number of nitrogens with zero attached hydrogens (tertiary/aromatic N) is 2. The Bertz CT molecular complexity index is 306. The molecule has 3 N–H and O–H groups in total. The van der Waals surface area contributed by atoms with E-state index in [0.29, 0.717) is 11.7 Å². The van der Waals surface area contributed by atoms with Crippen molar-refractivity contribution in [2.24, 2.45) is 18.9 Å². The fourth-order valence-corrected chi connectivity index (χ4v) is 1.34. The summed E-state index contributed by atoms with van der Waals surface area (Å²) in [6.45, 7) is 6.18. The van der Waals surface area contributed by atoms with Gasteiger partial charge >= 0.3 is 0 Å². The van der Waals surface area contributed by atoms with Crippen LogP contribution in [0.25, 0.3) is 0 Å². The first-order valence-corrected chi connectivity index (χ1v) is 4.90. The van der Waals surface area contributed by atoms with E-state index in [1.54, 1.807) is 17.9 Å². The molecule has 4 nitrogen and oxygen atoms in total. The van der Waals surface area contributed by atoms with Gasteiger partial charge in [-0.25, -0.2) is 0 Å². The highest BCUT2D eigenvalue weighted by molar-refractivity contribution is 5.40. The minimum absolute atomic E-state index is 0.182. The van der Waals surface area contributed by atoms with Crippen LogP contribution in [0.3, 0.4) is 0 Å². The predicted octanol–water partition coefficient (Wildman–Crippen LogP) is 1.33. The number of aliphatic hydroxyl groups excluding tert-OH is 1. The highest BCUT2D eigenvalue weighted by Gasteiger charge is 2.23. The molecule has 0 saturated carbocycles. The molecule has 0 amide bonds. The molecule has 0 bridgehead atoms. The number of aromatic nitrogens is 2. The van der Waals surface area contributed by atoms with Crippen molar-refractivity contribution in [2.45, 2.75) is 26.9 Å². The highest BCUT2D eigenvalue weighted by atomic mass is 16.3. The van der Waals surface area contributed by atoms with Crippen LogP contribution < -0.4 is 5.73 Å². The first-order chi connectivity index (χ1) is 6.45. The lowest BCUT2D eigenvalue weighted by Crippen LogP contribution is -2.16. The van der Waals surface area contributed by atoms with Crippen LogP contribution in [0.2, 0.25) is 0 Å². The largest absolute Gasteiger partial charge is 0.388 e. The number of aliphatic hydroxyl groups is 1. The average molecular weight is 197 g/mol. The molecular formula is C10H19N3O. The quantitative estimate of drug-likeness (QED) is 0.768. The number of nitrogen functional groups attached to an aromatic ring is 1. The van der Waals surface area contributed by atoms with Crippen molar-refractivity contribution in [3.05, 3.63) is 11.8 Å². The molecule has 0 aliphatic heterocycles. The normalized spacial score (nSPS) is 15.9. The summed E-state index contributed by atoms with van der Waals surface area (Å²) >= 11 is 0. The average Bonchev–Trinajstić information content (AvgIpc) is 2.45. The van der Waals surface area contributed by atoms with Gasteiger partial charge in [-0.15, -0.1) is 0 Å². The van der Waals surface area contributed by atoms with Gasteiger partial charge in [-0.3, -0.25) is 4.68 Å². The molecule has 4 heteroatoms. The molecule has 1 aromatic heterocycles. The number of aryl methyl sites for hydroxylation is 1. The first-order valence-electron chi connectivity index (χ1n) is 4.90. The lowest BCUT2D eigenvalue weighted by atomic mass is 9.89. The minimum atomic E-state index is -0.524. The van der Waals surface area contributed by atoms with Crippen molar-refractivity contribution < 1.29 is 5.11 Å². The molecule has 1 aromatic rings. The summed E-state index contributed by atoms with van der Waals surface area (Å²) in [5.41, 5.74) is 6.51. The molecule has 0 aliphatic rings. The van der Waals surface area contributed by atoms with Gasteiger partial charge < -0.3 is 10.8 Å². The van der Waals surface area contributed by atoms with Crippen LogP contribution in [0.5, 0.6) is 0 Å². The van der Waals surface area contributed by atoms with Crippen molar-refractivity contribution in [1.82, 2.24) is 9.78 Å². The van der Waals surface area contributed by atoms with Crippen LogP contribution in [0.4, 0.5) is 5.82 Å². The van der Waals surface area contributed by atoms with Crippen molar-refractivity contribution in [1.29, 1.82) is 0 Å². The summed E-state index contributed by atoms with van der Waals surface area (Å²) in [6, 6.07) is 0. The third-order valence-corrected chi connectivity index (χ3v) is 2.88. The second kappa shape index (κ2) is 4.00. The summed E-state index contributed by atoms with van der Waals surface area (Å²) in [5, 5.41) is 14.0. The molecule has 1 heterocycles. The second-order valence-corrected chi connectivity index (χ2v) is 4.16. The molecule has 1 rings (SSSR count). The third kappa shape index (κ3) is 1.90. The van der Waals surface area contributed by atoms with E-state index in [1.807, 2.05) is 6.92 Å². The van der Waals surface area contributed by atoms with E-state index in [1.165, 1.54) is 0 Å². The van der Waals surface area contributed by atoms with Gasteiger partial charge in [0.2, 0.25) is 0 Å². The van der Waals surface area contributed by atoms with Crippen LogP contribution in [0, 0.1) is 11.8 Å². The van der Waals surface area contributed by atoms with Crippen molar-refractivity contribution >= 4 is 5.82 Å². The van der Waals surface area contributed by atoms with Crippen molar-refractivity contribution in [3.63, 3.8) is 0 Å². The molecule has 80 valence electrons. The van der Waals surface area contributed by atoms with Gasteiger partial charge in [-0.1, -0.05) is 20.8 Å². The van der Waals surface area contributed by atoms with Crippen molar-refractivity contribution in [2.75, 3.05) is 5.73 Å². The maximum atomic E-state index is 10.0. The van der Waals surface area contributed by atoms with E-state index in [9.17, 15) is 5.11 Å². The van der Waals surface area contributed by atoms with E-state index in [4.69, 9.17) is 5.73 Å². The zero-order valence-electron chi connectivity index (χ0n) is 9.23. The van der Waals surface area contributed by atoms with E-state index in [2.05, 4.69) is 18.9 Å².